The van der Waals surface area contributed by atoms with Crippen molar-refractivity contribution < 1.29 is 68.0 Å². The molecule has 2 aliphatic heterocycles. The molecule has 1 unspecified atom stereocenters. The highest BCUT2D eigenvalue weighted by molar-refractivity contribution is 5.98. The summed E-state index contributed by atoms with van der Waals surface area (Å²) in [5.41, 5.74) is 1.07. The zero-order valence-electron chi connectivity index (χ0n) is 45.0. The fourth-order valence-electron chi connectivity index (χ4n) is 9.19. The smallest absolute Gasteiger partial charge is 0.329 e. The number of ether oxygens (including phenoxy) is 1. The second kappa shape index (κ2) is 28.7. The van der Waals surface area contributed by atoms with Gasteiger partial charge in [-0.05, 0) is 80.0 Å². The van der Waals surface area contributed by atoms with Crippen LogP contribution in [0.25, 0.3) is 0 Å². The number of likely N-dealkylation sites (N-methyl/N-ethyl adjacent to an activating group) is 1. The number of phenolic OH excluding ortho intramolecular Hbond substituents is 1. The van der Waals surface area contributed by atoms with Crippen molar-refractivity contribution in [1.29, 1.82) is 0 Å². The van der Waals surface area contributed by atoms with E-state index < -0.39 is 145 Å². The summed E-state index contributed by atoms with van der Waals surface area (Å²) in [7, 11) is 1.38. The number of carboxylic acids is 1. The minimum Gasteiger partial charge on any atom is -0.508 e. The summed E-state index contributed by atoms with van der Waals surface area (Å²) in [6, 6.07) is 3.00. The zero-order valence-corrected chi connectivity index (χ0v) is 45.0. The number of piperidine rings is 1. The number of carbonyl (C=O) groups is 10. The minimum atomic E-state index is -1.81. The first-order chi connectivity index (χ1) is 35.9. The minimum absolute atomic E-state index is 0.0508. The van der Waals surface area contributed by atoms with Crippen molar-refractivity contribution in [2.24, 2.45) is 17.8 Å². The number of fused-ring (bicyclic) bond motifs is 2. The Balaban J connectivity index is 1.80. The van der Waals surface area contributed by atoms with Crippen molar-refractivity contribution in [3.8, 4) is 5.75 Å². The van der Waals surface area contributed by atoms with Crippen LogP contribution in [0.4, 0.5) is 0 Å². The van der Waals surface area contributed by atoms with Crippen LogP contribution in [0.1, 0.15) is 118 Å². The van der Waals surface area contributed by atoms with Gasteiger partial charge in [0.2, 0.25) is 47.3 Å². The summed E-state index contributed by atoms with van der Waals surface area (Å²) in [5, 5.41) is 47.3. The largest absolute Gasteiger partial charge is 0.508 e. The average Bonchev–Trinajstić information content (AvgIpc) is 3.36. The number of rotatable bonds is 19. The van der Waals surface area contributed by atoms with E-state index in [0.29, 0.717) is 24.0 Å². The van der Waals surface area contributed by atoms with E-state index in [0.717, 1.165) is 4.90 Å². The fraction of sp³-hybridized carbons (Fsp3) is 0.593. The molecular weight excluding hydrogens is 985 g/mol. The van der Waals surface area contributed by atoms with E-state index in [2.05, 4.69) is 31.9 Å². The topological polar surface area (TPSA) is 319 Å². The zero-order chi connectivity index (χ0) is 56.6. The van der Waals surface area contributed by atoms with Crippen molar-refractivity contribution in [1.82, 2.24) is 41.7 Å². The first-order valence-corrected chi connectivity index (χ1v) is 26.2. The Hall–Kier alpha value is -7.10. The van der Waals surface area contributed by atoms with E-state index in [-0.39, 0.29) is 50.2 Å². The molecule has 2 saturated heterocycles. The fourth-order valence-corrected chi connectivity index (χ4v) is 9.19. The molecule has 418 valence electrons. The van der Waals surface area contributed by atoms with E-state index in [1.165, 1.54) is 43.1 Å². The maximum Gasteiger partial charge on any atom is 0.329 e. The number of cyclic esters (lactones) is 1. The van der Waals surface area contributed by atoms with E-state index in [4.69, 9.17) is 4.74 Å². The molecule has 2 bridgehead atoms. The van der Waals surface area contributed by atoms with Gasteiger partial charge in [-0.1, -0.05) is 97.4 Å². The molecular formula is C54H78N8O14. The van der Waals surface area contributed by atoms with Crippen LogP contribution in [0.5, 0.6) is 5.75 Å². The standard InChI is InChI=1S/C54H78N8O14/c1-10-15-41(64)55-38(26-29(3)4)47(67)57-37(53(73)74)22-24-42(65)59-45-32(8)76-54(75)44(31(7)11-2)60-49(69)40(28-33-16-13-12-14-17-33)61(9)52(72)46(30(5)6)62-43(66)25-23-36(51(62)71)56-48(68)39(58-50(45)70)27-34-18-20-35(63)21-19-34/h12-14,16-21,29-32,36-40,43-46,63,66H,10-11,15,22-28H2,1-9H3,(H,55,64)(H,56,68)(H,57,67)(H,58,70)(H,59,65)(H,60,69)(H,73,74)/t31?,32-,36-,37-,38-,39-,40+,43+,44-,45-,46-/m0/s1. The van der Waals surface area contributed by atoms with Crippen molar-refractivity contribution in [2.45, 2.75) is 180 Å². The monoisotopic (exact) mass is 1060 g/mol. The van der Waals surface area contributed by atoms with Crippen LogP contribution in [0.15, 0.2) is 54.6 Å². The molecule has 2 fully saturated rings. The molecule has 4 rings (SSSR count). The van der Waals surface area contributed by atoms with Gasteiger partial charge in [0.1, 0.15) is 66.4 Å². The van der Waals surface area contributed by atoms with Crippen LogP contribution in [-0.4, -0.2) is 152 Å². The number of hydrogen-bond acceptors (Lipinski definition) is 13. The Morgan fingerprint density at radius 1 is 0.763 bits per heavy atom. The molecule has 0 radical (unpaired) electrons. The first kappa shape index (κ1) is 61.4. The molecule has 22 nitrogen and oxygen atoms in total. The number of hydrogen-bond donors (Lipinski definition) is 9. The van der Waals surface area contributed by atoms with Crippen LogP contribution >= 0.6 is 0 Å². The van der Waals surface area contributed by atoms with Gasteiger partial charge in [-0.25, -0.2) is 9.59 Å². The third kappa shape index (κ3) is 17.2. The van der Waals surface area contributed by atoms with E-state index in [1.807, 2.05) is 13.8 Å². The number of carbonyl (C=O) groups excluding carboxylic acids is 9. The Bertz CT molecular complexity index is 2370. The second-order valence-corrected chi connectivity index (χ2v) is 20.6. The Kier molecular flexibility index (Phi) is 23.2. The summed E-state index contributed by atoms with van der Waals surface area (Å²) in [4.78, 5) is 142. The van der Waals surface area contributed by atoms with Crippen molar-refractivity contribution >= 4 is 59.2 Å². The number of aromatic hydroxyl groups is 1. The molecule has 22 heteroatoms. The van der Waals surface area contributed by atoms with E-state index in [1.54, 1.807) is 65.0 Å². The van der Waals surface area contributed by atoms with E-state index >= 15 is 0 Å². The Labute approximate surface area is 444 Å². The van der Waals surface area contributed by atoms with Crippen molar-refractivity contribution in [3.05, 3.63) is 65.7 Å². The van der Waals surface area contributed by atoms with Gasteiger partial charge in [-0.2, -0.15) is 0 Å². The second-order valence-electron chi connectivity index (χ2n) is 20.6. The van der Waals surface area contributed by atoms with Gasteiger partial charge in [0.05, 0.1) is 0 Å². The molecule has 0 saturated carbocycles. The maximum absolute atomic E-state index is 14.8. The van der Waals surface area contributed by atoms with Crippen LogP contribution < -0.4 is 31.9 Å². The third-order valence-electron chi connectivity index (χ3n) is 13.7. The quantitative estimate of drug-likeness (QED) is 0.0903. The lowest BCUT2D eigenvalue weighted by atomic mass is 9.93. The highest BCUT2D eigenvalue weighted by atomic mass is 16.5. The summed E-state index contributed by atoms with van der Waals surface area (Å²) in [5.74, 6) is -10.3. The number of aliphatic carboxylic acids is 1. The van der Waals surface area contributed by atoms with Gasteiger partial charge >= 0.3 is 11.9 Å². The molecule has 0 aromatic heterocycles. The molecule has 2 aromatic rings. The van der Waals surface area contributed by atoms with Crippen LogP contribution in [-0.2, 0) is 65.5 Å². The SMILES string of the molecule is CCCC(=O)N[C@@H](CC(C)C)C(=O)N[C@@H](CCC(=O)N[C@@H]1C(=O)N[C@@H](Cc2ccc(O)cc2)C(=O)N[C@H]2CC[C@@H](O)N(C2=O)[C@@H](C(C)C)C(=O)N(C)[C@H](Cc2ccccc2)C(=O)N[C@@H](C(C)CC)C(=O)O[C@H]1C)C(=O)O. The maximum atomic E-state index is 14.8. The van der Waals surface area contributed by atoms with Gasteiger partial charge < -0.3 is 61.8 Å². The predicted molar refractivity (Wildman–Crippen MR) is 277 cm³/mol. The van der Waals surface area contributed by atoms with Gasteiger partial charge in [0, 0.05) is 32.7 Å². The lowest BCUT2D eigenvalue weighted by Crippen LogP contribution is -2.66. The molecule has 2 aromatic carbocycles. The molecule has 0 spiro atoms. The normalized spacial score (nSPS) is 24.4. The molecule has 76 heavy (non-hydrogen) atoms. The number of amides is 8. The highest BCUT2D eigenvalue weighted by Crippen LogP contribution is 2.27. The van der Waals surface area contributed by atoms with Crippen LogP contribution in [0, 0.1) is 17.8 Å². The first-order valence-electron chi connectivity index (χ1n) is 26.2. The van der Waals surface area contributed by atoms with Gasteiger partial charge in [0.25, 0.3) is 0 Å². The molecule has 11 atom stereocenters. The van der Waals surface area contributed by atoms with E-state index in [9.17, 15) is 63.3 Å². The number of carboxylic acid groups (broad SMARTS) is 1. The van der Waals surface area contributed by atoms with Crippen molar-refractivity contribution in [3.63, 3.8) is 0 Å². The lowest BCUT2D eigenvalue weighted by Gasteiger charge is -2.44. The number of nitrogens with one attached hydrogen (secondary N) is 6. The van der Waals surface area contributed by atoms with Gasteiger partial charge in [-0.3, -0.25) is 38.4 Å². The average molecular weight is 1060 g/mol. The van der Waals surface area contributed by atoms with Gasteiger partial charge in [0.15, 0.2) is 0 Å². The third-order valence-corrected chi connectivity index (χ3v) is 13.7. The highest BCUT2D eigenvalue weighted by Gasteiger charge is 2.47. The molecule has 9 N–H and O–H groups in total. The summed E-state index contributed by atoms with van der Waals surface area (Å²) < 4.78 is 5.93. The molecule has 2 aliphatic rings. The summed E-state index contributed by atoms with van der Waals surface area (Å²) in [6.07, 6.45) is -3.47. The number of aliphatic hydroxyl groups excluding tert-OH is 1. The number of esters is 1. The Morgan fingerprint density at radius 3 is 2.00 bits per heavy atom. The molecule has 2 heterocycles. The van der Waals surface area contributed by atoms with Crippen LogP contribution in [0.2, 0.25) is 0 Å². The number of aliphatic hydroxyl groups is 1. The Morgan fingerprint density at radius 2 is 1.41 bits per heavy atom. The predicted octanol–water partition coefficient (Wildman–Crippen LogP) is 1.58. The van der Waals surface area contributed by atoms with Crippen molar-refractivity contribution in [2.75, 3.05) is 7.05 Å². The summed E-state index contributed by atoms with van der Waals surface area (Å²) >= 11 is 0. The number of benzene rings is 2. The molecule has 0 aliphatic carbocycles. The van der Waals surface area contributed by atoms with Crippen LogP contribution in [0.3, 0.4) is 0 Å². The van der Waals surface area contributed by atoms with Gasteiger partial charge in [-0.15, -0.1) is 0 Å². The number of nitrogens with zero attached hydrogens (tertiary/aromatic N) is 2. The summed E-state index contributed by atoms with van der Waals surface area (Å²) in [6.45, 7) is 13.5. The number of phenols is 1. The molecule has 8 amide bonds. The lowest BCUT2D eigenvalue weighted by molar-refractivity contribution is -0.167.